The molecule has 0 spiro atoms. The van der Waals surface area contributed by atoms with Crippen LogP contribution in [0.1, 0.15) is 37.1 Å². The number of ether oxygens (including phenoxy) is 1. The summed E-state index contributed by atoms with van der Waals surface area (Å²) in [5.41, 5.74) is 2.35. The monoisotopic (exact) mass is 446 g/mol. The number of hydrogen-bond acceptors (Lipinski definition) is 6. The fourth-order valence-corrected chi connectivity index (χ4v) is 3.87. The Morgan fingerprint density at radius 2 is 1.97 bits per heavy atom. The molecule has 2 heterocycles. The second kappa shape index (κ2) is 10.1. The number of carbonyl (C=O) groups is 2. The molecule has 1 unspecified atom stereocenters. The molecule has 1 fully saturated rings. The van der Waals surface area contributed by atoms with E-state index in [0.29, 0.717) is 30.5 Å². The lowest BCUT2D eigenvalue weighted by molar-refractivity contribution is -0.127. The lowest BCUT2D eigenvalue weighted by Crippen LogP contribution is -2.38. The first-order valence-corrected chi connectivity index (χ1v) is 10.8. The van der Waals surface area contributed by atoms with Gasteiger partial charge in [0.25, 0.3) is 0 Å². The predicted molar refractivity (Wildman–Crippen MR) is 125 cm³/mol. The lowest BCUT2D eigenvalue weighted by atomic mass is 9.98. The van der Waals surface area contributed by atoms with Crippen LogP contribution in [0.15, 0.2) is 59.1 Å². The highest BCUT2D eigenvalue weighted by Gasteiger charge is 2.28. The number of nitrogens with zero attached hydrogens (tertiary/aromatic N) is 3. The van der Waals surface area contributed by atoms with Crippen LogP contribution < -0.4 is 10.1 Å². The van der Waals surface area contributed by atoms with Gasteiger partial charge < -0.3 is 19.5 Å². The summed E-state index contributed by atoms with van der Waals surface area (Å²) in [5, 5.41) is 6.84. The average Bonchev–Trinajstić information content (AvgIpc) is 3.33. The van der Waals surface area contributed by atoms with Crippen molar-refractivity contribution in [2.75, 3.05) is 25.5 Å². The first-order chi connectivity index (χ1) is 16.0. The van der Waals surface area contributed by atoms with Crippen molar-refractivity contribution < 1.29 is 18.8 Å². The van der Waals surface area contributed by atoms with Gasteiger partial charge >= 0.3 is 0 Å². The largest absolute Gasteiger partial charge is 0.496 e. The molecule has 1 aliphatic rings. The third-order valence-electron chi connectivity index (χ3n) is 5.53. The minimum absolute atomic E-state index is 0.0118. The molecule has 2 amide bonds. The molecule has 1 aliphatic heterocycles. The summed E-state index contributed by atoms with van der Waals surface area (Å²) in [5.74, 6) is 1.54. The number of piperidine rings is 1. The number of aromatic nitrogens is 2. The fourth-order valence-electron chi connectivity index (χ4n) is 3.87. The van der Waals surface area contributed by atoms with E-state index in [0.717, 1.165) is 29.7 Å². The molecule has 1 atom stereocenters. The topological polar surface area (TPSA) is 97.6 Å². The van der Waals surface area contributed by atoms with Crippen molar-refractivity contribution in [2.45, 2.75) is 25.7 Å². The summed E-state index contributed by atoms with van der Waals surface area (Å²) in [6, 6.07) is 14.8. The van der Waals surface area contributed by atoms with Crippen LogP contribution in [0.2, 0.25) is 0 Å². The molecule has 1 saturated heterocycles. The standard InChI is InChI=1S/C25H26N4O4/c1-17(30)26-21-12-9-19(10-13-21)24-27-25(33-28-24)20-7-5-15-29(16-20)23(31)14-11-18-6-3-4-8-22(18)32-2/h3-4,6,8-14,20H,5,7,15-16H2,1-2H3,(H,26,30). The molecule has 33 heavy (non-hydrogen) atoms. The molecule has 1 N–H and O–H groups in total. The molecule has 8 heteroatoms. The molecule has 8 nitrogen and oxygen atoms in total. The minimum atomic E-state index is -0.126. The molecule has 0 aliphatic carbocycles. The number of benzene rings is 2. The number of nitrogens with one attached hydrogen (secondary N) is 1. The summed E-state index contributed by atoms with van der Waals surface area (Å²) in [4.78, 5) is 30.3. The Balaban J connectivity index is 1.41. The van der Waals surface area contributed by atoms with Crippen molar-refractivity contribution in [3.63, 3.8) is 0 Å². The van der Waals surface area contributed by atoms with E-state index in [-0.39, 0.29) is 17.7 Å². The number of para-hydroxylation sites is 1. The van der Waals surface area contributed by atoms with Crippen LogP contribution >= 0.6 is 0 Å². The molecular weight excluding hydrogens is 420 g/mol. The van der Waals surface area contributed by atoms with E-state index in [1.807, 2.05) is 41.3 Å². The van der Waals surface area contributed by atoms with Crippen LogP contribution in [0, 0.1) is 0 Å². The Morgan fingerprint density at radius 1 is 1.18 bits per heavy atom. The van der Waals surface area contributed by atoms with Gasteiger partial charge in [0.1, 0.15) is 5.75 Å². The van der Waals surface area contributed by atoms with Crippen molar-refractivity contribution >= 4 is 23.6 Å². The molecular formula is C25H26N4O4. The predicted octanol–water partition coefficient (Wildman–Crippen LogP) is 4.12. The summed E-state index contributed by atoms with van der Waals surface area (Å²) in [6.07, 6.45) is 5.10. The number of rotatable bonds is 6. The quantitative estimate of drug-likeness (QED) is 0.572. The van der Waals surface area contributed by atoms with Gasteiger partial charge in [0.2, 0.25) is 23.5 Å². The van der Waals surface area contributed by atoms with Crippen molar-refractivity contribution in [2.24, 2.45) is 0 Å². The van der Waals surface area contributed by atoms with Gasteiger partial charge in [0.05, 0.1) is 13.0 Å². The Kier molecular flexibility index (Phi) is 6.83. The van der Waals surface area contributed by atoms with Crippen molar-refractivity contribution in [1.29, 1.82) is 0 Å². The first kappa shape index (κ1) is 22.3. The summed E-state index contributed by atoms with van der Waals surface area (Å²) < 4.78 is 10.9. The van der Waals surface area contributed by atoms with Crippen LogP contribution in [0.4, 0.5) is 5.69 Å². The van der Waals surface area contributed by atoms with Crippen molar-refractivity contribution in [3.8, 4) is 17.1 Å². The maximum absolute atomic E-state index is 12.8. The zero-order valence-electron chi connectivity index (χ0n) is 18.7. The zero-order chi connectivity index (χ0) is 23.2. The molecule has 1 aromatic heterocycles. The smallest absolute Gasteiger partial charge is 0.246 e. The highest BCUT2D eigenvalue weighted by atomic mass is 16.5. The summed E-state index contributed by atoms with van der Waals surface area (Å²) >= 11 is 0. The van der Waals surface area contributed by atoms with Gasteiger partial charge in [-0.1, -0.05) is 23.4 Å². The van der Waals surface area contributed by atoms with Crippen LogP contribution in [-0.4, -0.2) is 47.1 Å². The van der Waals surface area contributed by atoms with E-state index in [9.17, 15) is 9.59 Å². The lowest BCUT2D eigenvalue weighted by Gasteiger charge is -2.30. The van der Waals surface area contributed by atoms with E-state index in [1.54, 1.807) is 31.4 Å². The maximum atomic E-state index is 12.8. The first-order valence-electron chi connectivity index (χ1n) is 10.8. The molecule has 2 aromatic carbocycles. The third kappa shape index (κ3) is 5.46. The Morgan fingerprint density at radius 3 is 2.73 bits per heavy atom. The van der Waals surface area contributed by atoms with Crippen LogP contribution in [0.25, 0.3) is 17.5 Å². The van der Waals surface area contributed by atoms with E-state index >= 15 is 0 Å². The van der Waals surface area contributed by atoms with Crippen molar-refractivity contribution in [1.82, 2.24) is 15.0 Å². The van der Waals surface area contributed by atoms with Crippen LogP contribution in [-0.2, 0) is 9.59 Å². The van der Waals surface area contributed by atoms with E-state index in [1.165, 1.54) is 6.92 Å². The second-order valence-corrected chi connectivity index (χ2v) is 7.91. The summed E-state index contributed by atoms with van der Waals surface area (Å²) in [6.45, 7) is 2.68. The van der Waals surface area contributed by atoms with Gasteiger partial charge in [-0.05, 0) is 49.2 Å². The molecule has 3 aromatic rings. The molecule has 4 rings (SSSR count). The number of carbonyl (C=O) groups excluding carboxylic acids is 2. The molecule has 0 saturated carbocycles. The van der Waals surface area contributed by atoms with E-state index in [2.05, 4.69) is 15.5 Å². The Labute approximate surface area is 192 Å². The van der Waals surface area contributed by atoms with Gasteiger partial charge in [0, 0.05) is 42.9 Å². The number of methoxy groups -OCH3 is 1. The highest BCUT2D eigenvalue weighted by molar-refractivity contribution is 5.92. The van der Waals surface area contributed by atoms with Gasteiger partial charge in [-0.15, -0.1) is 0 Å². The molecule has 0 bridgehead atoms. The number of likely N-dealkylation sites (tertiary alicyclic amines) is 1. The van der Waals surface area contributed by atoms with Crippen LogP contribution in [0.3, 0.4) is 0 Å². The number of anilines is 1. The van der Waals surface area contributed by atoms with Crippen LogP contribution in [0.5, 0.6) is 5.75 Å². The minimum Gasteiger partial charge on any atom is -0.496 e. The second-order valence-electron chi connectivity index (χ2n) is 7.91. The molecule has 0 radical (unpaired) electrons. The maximum Gasteiger partial charge on any atom is 0.246 e. The Bertz CT molecular complexity index is 1150. The fraction of sp³-hybridized carbons (Fsp3) is 0.280. The number of hydrogen-bond donors (Lipinski definition) is 1. The van der Waals surface area contributed by atoms with Gasteiger partial charge in [-0.3, -0.25) is 9.59 Å². The Hall–Kier alpha value is -3.94. The van der Waals surface area contributed by atoms with Crippen molar-refractivity contribution in [3.05, 3.63) is 66.1 Å². The van der Waals surface area contributed by atoms with E-state index in [4.69, 9.17) is 9.26 Å². The summed E-state index contributed by atoms with van der Waals surface area (Å²) in [7, 11) is 1.61. The number of amides is 2. The highest BCUT2D eigenvalue weighted by Crippen LogP contribution is 2.28. The molecule has 170 valence electrons. The normalized spacial score (nSPS) is 16.1. The zero-order valence-corrected chi connectivity index (χ0v) is 18.7. The van der Waals surface area contributed by atoms with Gasteiger partial charge in [0.15, 0.2) is 0 Å². The van der Waals surface area contributed by atoms with Gasteiger partial charge in [-0.25, -0.2) is 0 Å². The van der Waals surface area contributed by atoms with E-state index < -0.39 is 0 Å². The average molecular weight is 447 g/mol. The van der Waals surface area contributed by atoms with Gasteiger partial charge in [-0.2, -0.15) is 4.98 Å². The third-order valence-corrected chi connectivity index (χ3v) is 5.53. The SMILES string of the molecule is COc1ccccc1C=CC(=O)N1CCCC(c2nc(-c3ccc(NC(C)=O)cc3)no2)C1.